The second-order valence-electron chi connectivity index (χ2n) is 7.09. The number of benzene rings is 1. The van der Waals surface area contributed by atoms with E-state index in [1.165, 1.54) is 36.5 Å². The summed E-state index contributed by atoms with van der Waals surface area (Å²) < 4.78 is 45.4. The summed E-state index contributed by atoms with van der Waals surface area (Å²) >= 11 is 0. The van der Waals surface area contributed by atoms with Crippen LogP contribution in [0.25, 0.3) is 5.70 Å². The maximum absolute atomic E-state index is 12.9. The van der Waals surface area contributed by atoms with E-state index in [9.17, 15) is 18.0 Å². The molecule has 1 aromatic carbocycles. The smallest absolute Gasteiger partial charge is 0.414 e. The fraction of sp³-hybridized carbons (Fsp3) is 0.182. The number of aromatic nitrogens is 2. The van der Waals surface area contributed by atoms with Crippen LogP contribution in [0.5, 0.6) is 0 Å². The van der Waals surface area contributed by atoms with Crippen molar-refractivity contribution < 1.29 is 22.4 Å². The molecule has 1 N–H and O–H groups in total. The van der Waals surface area contributed by atoms with Crippen molar-refractivity contribution in [1.82, 2.24) is 14.6 Å². The third-order valence-electron chi connectivity index (χ3n) is 4.73. The zero-order valence-corrected chi connectivity index (χ0v) is 17.0. The van der Waals surface area contributed by atoms with Crippen LogP contribution < -0.4 is 15.7 Å². The molecule has 32 heavy (non-hydrogen) atoms. The molecule has 3 heterocycles. The second-order valence-corrected chi connectivity index (χ2v) is 7.09. The first kappa shape index (κ1) is 21.3. The van der Waals surface area contributed by atoms with Gasteiger partial charge >= 0.3 is 6.18 Å². The summed E-state index contributed by atoms with van der Waals surface area (Å²) in [4.78, 5) is 23.3. The third kappa shape index (κ3) is 4.85. The molecule has 1 aliphatic heterocycles. The normalized spacial score (nSPS) is 14.1. The van der Waals surface area contributed by atoms with Crippen LogP contribution >= 0.6 is 0 Å². The molecule has 0 aliphatic carbocycles. The van der Waals surface area contributed by atoms with Crippen molar-refractivity contribution >= 4 is 17.4 Å². The van der Waals surface area contributed by atoms with Gasteiger partial charge in [0.15, 0.2) is 5.76 Å². The standard InChI is InChI=1S/C22H19F3N4O3/c1-28-13-16(22(23,24)25)7-8-18(28)19-12-26-21(32-19)27-17-9-10-29(20(30)11-17)31-14-15-5-3-2-4-6-15/h2-12H,13-14H2,1H3,(H,26,27). The summed E-state index contributed by atoms with van der Waals surface area (Å²) in [5, 5.41) is 2.87. The Morgan fingerprint density at radius 1 is 1.19 bits per heavy atom. The lowest BCUT2D eigenvalue weighted by Gasteiger charge is -2.26. The predicted molar refractivity (Wildman–Crippen MR) is 112 cm³/mol. The van der Waals surface area contributed by atoms with E-state index in [0.717, 1.165) is 16.4 Å². The van der Waals surface area contributed by atoms with Crippen LogP contribution in [-0.4, -0.2) is 34.4 Å². The minimum Gasteiger partial charge on any atom is -0.422 e. The summed E-state index contributed by atoms with van der Waals surface area (Å²) in [6.45, 7) is -0.0518. The number of anilines is 2. The van der Waals surface area contributed by atoms with Gasteiger partial charge in [-0.25, -0.2) is 4.98 Å². The van der Waals surface area contributed by atoms with Gasteiger partial charge in [-0.15, -0.1) is 0 Å². The van der Waals surface area contributed by atoms with E-state index in [4.69, 9.17) is 9.25 Å². The molecule has 7 nitrogen and oxygen atoms in total. The molecular weight excluding hydrogens is 425 g/mol. The maximum atomic E-state index is 12.9. The number of nitrogens with one attached hydrogen (secondary N) is 1. The Bertz CT molecular complexity index is 1210. The number of alkyl halides is 3. The van der Waals surface area contributed by atoms with Gasteiger partial charge in [-0.2, -0.15) is 17.9 Å². The Morgan fingerprint density at radius 2 is 1.97 bits per heavy atom. The molecule has 2 aromatic heterocycles. The average molecular weight is 444 g/mol. The molecule has 0 radical (unpaired) electrons. The maximum Gasteiger partial charge on any atom is 0.414 e. The van der Waals surface area contributed by atoms with Crippen molar-refractivity contribution in [2.75, 3.05) is 18.9 Å². The number of hydrogen-bond acceptors (Lipinski definition) is 6. The Balaban J connectivity index is 1.43. The van der Waals surface area contributed by atoms with Crippen LogP contribution in [0.2, 0.25) is 0 Å². The zero-order valence-electron chi connectivity index (χ0n) is 17.0. The van der Waals surface area contributed by atoms with Crippen molar-refractivity contribution in [1.29, 1.82) is 0 Å². The number of hydrogen-bond donors (Lipinski definition) is 1. The van der Waals surface area contributed by atoms with Crippen molar-refractivity contribution in [2.45, 2.75) is 12.8 Å². The van der Waals surface area contributed by atoms with E-state index in [-0.39, 0.29) is 19.2 Å². The number of halogens is 3. The fourth-order valence-electron chi connectivity index (χ4n) is 3.10. The Hall–Kier alpha value is -3.95. The van der Waals surface area contributed by atoms with Crippen molar-refractivity contribution in [3.63, 3.8) is 0 Å². The highest BCUT2D eigenvalue weighted by molar-refractivity contribution is 5.64. The summed E-state index contributed by atoms with van der Waals surface area (Å²) in [6.07, 6.45) is 0.858. The second kappa shape index (κ2) is 8.66. The topological polar surface area (TPSA) is 72.5 Å². The van der Waals surface area contributed by atoms with Gasteiger partial charge in [0.1, 0.15) is 6.61 Å². The molecule has 0 spiro atoms. The molecule has 0 saturated carbocycles. The highest BCUT2D eigenvalue weighted by Gasteiger charge is 2.35. The van der Waals surface area contributed by atoms with E-state index in [2.05, 4.69) is 10.3 Å². The summed E-state index contributed by atoms with van der Waals surface area (Å²) in [6, 6.07) is 12.5. The lowest BCUT2D eigenvalue weighted by molar-refractivity contribution is -0.0946. The molecule has 0 bridgehead atoms. The van der Waals surface area contributed by atoms with Crippen LogP contribution in [0.1, 0.15) is 11.3 Å². The number of likely N-dealkylation sites (N-methyl/N-ethyl adjacent to an activating group) is 1. The van der Waals surface area contributed by atoms with E-state index in [1.807, 2.05) is 30.3 Å². The van der Waals surface area contributed by atoms with Gasteiger partial charge in [0.05, 0.1) is 17.5 Å². The monoisotopic (exact) mass is 444 g/mol. The number of allylic oxidation sites excluding steroid dienone is 2. The minimum atomic E-state index is -4.38. The predicted octanol–water partition coefficient (Wildman–Crippen LogP) is 3.98. The first-order chi connectivity index (χ1) is 15.3. The molecule has 4 rings (SSSR count). The van der Waals surface area contributed by atoms with Crippen molar-refractivity contribution in [2.24, 2.45) is 0 Å². The first-order valence-electron chi connectivity index (χ1n) is 9.62. The number of rotatable bonds is 6. The summed E-state index contributed by atoms with van der Waals surface area (Å²) in [5.74, 6) is 0.298. The van der Waals surface area contributed by atoms with E-state index >= 15 is 0 Å². The lowest BCUT2D eigenvalue weighted by atomic mass is 10.1. The van der Waals surface area contributed by atoms with Crippen LogP contribution in [0.15, 0.2) is 81.8 Å². The fourth-order valence-corrected chi connectivity index (χ4v) is 3.10. The molecule has 0 atom stereocenters. The molecule has 0 fully saturated rings. The summed E-state index contributed by atoms with van der Waals surface area (Å²) in [5.41, 5.74) is 0.776. The molecule has 3 aromatic rings. The van der Waals surface area contributed by atoms with Crippen molar-refractivity contribution in [3.05, 3.63) is 94.3 Å². The van der Waals surface area contributed by atoms with E-state index in [0.29, 0.717) is 17.1 Å². The average Bonchev–Trinajstić information content (AvgIpc) is 3.21. The minimum absolute atomic E-state index is 0.0993. The highest BCUT2D eigenvalue weighted by atomic mass is 19.4. The third-order valence-corrected chi connectivity index (χ3v) is 4.73. The van der Waals surface area contributed by atoms with E-state index in [1.54, 1.807) is 6.07 Å². The molecule has 0 amide bonds. The molecule has 10 heteroatoms. The van der Waals surface area contributed by atoms with Gasteiger partial charge in [-0.05, 0) is 17.7 Å². The van der Waals surface area contributed by atoms with Gasteiger partial charge in [0.2, 0.25) is 0 Å². The van der Waals surface area contributed by atoms with Crippen LogP contribution in [0.3, 0.4) is 0 Å². The molecular formula is C22H19F3N4O3. The van der Waals surface area contributed by atoms with Crippen LogP contribution in [0, 0.1) is 0 Å². The van der Waals surface area contributed by atoms with Crippen LogP contribution in [-0.2, 0) is 6.61 Å². The Morgan fingerprint density at radius 3 is 2.66 bits per heavy atom. The highest BCUT2D eigenvalue weighted by Crippen LogP contribution is 2.32. The Labute approximate surface area is 181 Å². The van der Waals surface area contributed by atoms with Gasteiger partial charge in [0, 0.05) is 31.5 Å². The van der Waals surface area contributed by atoms with Crippen LogP contribution in [0.4, 0.5) is 24.9 Å². The first-order valence-corrected chi connectivity index (χ1v) is 9.62. The van der Waals surface area contributed by atoms with Crippen molar-refractivity contribution in [3.8, 4) is 0 Å². The zero-order chi connectivity index (χ0) is 22.7. The number of nitrogens with zero attached hydrogens (tertiary/aromatic N) is 3. The number of oxazole rings is 1. The largest absolute Gasteiger partial charge is 0.422 e. The molecule has 0 unspecified atom stereocenters. The van der Waals surface area contributed by atoms with Gasteiger partial charge in [0.25, 0.3) is 11.6 Å². The van der Waals surface area contributed by atoms with Gasteiger partial charge in [-0.3, -0.25) is 4.79 Å². The summed E-state index contributed by atoms with van der Waals surface area (Å²) in [7, 11) is 1.54. The Kier molecular flexibility index (Phi) is 5.76. The quantitative estimate of drug-likeness (QED) is 0.620. The lowest BCUT2D eigenvalue weighted by Crippen LogP contribution is -2.28. The SMILES string of the molecule is CN1CC(C(F)(F)F)=CC=C1c1cnc(Nc2ccn(OCc3ccccc3)c(=O)c2)o1. The molecule has 0 saturated heterocycles. The van der Waals surface area contributed by atoms with Gasteiger partial charge in [-0.1, -0.05) is 36.4 Å². The molecule has 166 valence electrons. The molecule has 1 aliphatic rings. The number of pyridine rings is 1. The van der Waals surface area contributed by atoms with Gasteiger partial charge < -0.3 is 19.5 Å². The van der Waals surface area contributed by atoms with E-state index < -0.39 is 17.3 Å².